The summed E-state index contributed by atoms with van der Waals surface area (Å²) in [6.45, 7) is 7.09. The minimum atomic E-state index is 0.146. The molecule has 0 heterocycles. The first-order valence-electron chi connectivity index (χ1n) is 6.92. The molecule has 0 aliphatic rings. The Kier molecular flexibility index (Phi) is 4.75. The fourth-order valence-corrected chi connectivity index (χ4v) is 2.54. The topological polar surface area (TPSA) is 9.23 Å². The molecule has 0 aromatic heterocycles. The average Bonchev–Trinajstić information content (AvgIpc) is 2.38. The van der Waals surface area contributed by atoms with Gasteiger partial charge in [0.1, 0.15) is 0 Å². The number of rotatable bonds is 5. The molecule has 0 aliphatic heterocycles. The van der Waals surface area contributed by atoms with Gasteiger partial charge in [-0.2, -0.15) is 0 Å². The normalized spacial score (nSPS) is 12.4. The van der Waals surface area contributed by atoms with Crippen molar-refractivity contribution in [3.63, 3.8) is 0 Å². The summed E-state index contributed by atoms with van der Waals surface area (Å²) in [6, 6.07) is 17.2. The molecule has 19 heavy (non-hydrogen) atoms. The van der Waals surface area contributed by atoms with Crippen LogP contribution in [-0.2, 0) is 11.2 Å². The summed E-state index contributed by atoms with van der Waals surface area (Å²) in [6.07, 6.45) is 1.08. The molecule has 1 atom stereocenters. The summed E-state index contributed by atoms with van der Waals surface area (Å²) in [4.78, 5) is 0. The van der Waals surface area contributed by atoms with Crippen molar-refractivity contribution in [3.05, 3.63) is 70.8 Å². The Labute approximate surface area is 116 Å². The Morgan fingerprint density at radius 1 is 0.947 bits per heavy atom. The molecule has 0 bridgehead atoms. The van der Waals surface area contributed by atoms with Crippen LogP contribution < -0.4 is 0 Å². The van der Waals surface area contributed by atoms with Crippen molar-refractivity contribution in [1.29, 1.82) is 0 Å². The first-order valence-corrected chi connectivity index (χ1v) is 6.92. The van der Waals surface area contributed by atoms with Crippen molar-refractivity contribution < 1.29 is 4.74 Å². The van der Waals surface area contributed by atoms with E-state index in [1.165, 1.54) is 22.3 Å². The van der Waals surface area contributed by atoms with Crippen LogP contribution in [0.15, 0.2) is 48.5 Å². The van der Waals surface area contributed by atoms with Gasteiger partial charge in [0.2, 0.25) is 0 Å². The lowest BCUT2D eigenvalue weighted by atomic mass is 9.98. The van der Waals surface area contributed by atoms with Gasteiger partial charge < -0.3 is 4.74 Å². The molecular weight excluding hydrogens is 232 g/mol. The van der Waals surface area contributed by atoms with Crippen LogP contribution in [0.5, 0.6) is 0 Å². The van der Waals surface area contributed by atoms with Gasteiger partial charge in [-0.1, -0.05) is 59.7 Å². The summed E-state index contributed by atoms with van der Waals surface area (Å²) >= 11 is 0. The first-order chi connectivity index (χ1) is 9.19. The highest BCUT2D eigenvalue weighted by molar-refractivity contribution is 5.30. The maximum absolute atomic E-state index is 5.91. The summed E-state index contributed by atoms with van der Waals surface area (Å²) in [5.74, 6) is 0. The van der Waals surface area contributed by atoms with Crippen molar-refractivity contribution in [2.75, 3.05) is 6.61 Å². The Bertz CT molecular complexity index is 496. The molecule has 2 rings (SSSR count). The zero-order valence-electron chi connectivity index (χ0n) is 12.0. The predicted octanol–water partition coefficient (Wildman–Crippen LogP) is 4.62. The number of ether oxygens (including phenoxy) is 1. The van der Waals surface area contributed by atoms with Gasteiger partial charge >= 0.3 is 0 Å². The molecule has 0 saturated carbocycles. The highest BCUT2D eigenvalue weighted by Crippen LogP contribution is 2.23. The van der Waals surface area contributed by atoms with Crippen LogP contribution in [0.2, 0.25) is 0 Å². The number of hydrogen-bond donors (Lipinski definition) is 0. The Hall–Kier alpha value is -1.60. The average molecular weight is 254 g/mol. The second-order valence-electron chi connectivity index (χ2n) is 5.05. The zero-order valence-corrected chi connectivity index (χ0v) is 12.0. The van der Waals surface area contributed by atoms with E-state index in [4.69, 9.17) is 4.74 Å². The lowest BCUT2D eigenvalue weighted by Gasteiger charge is -2.18. The summed E-state index contributed by atoms with van der Waals surface area (Å²) in [7, 11) is 0. The van der Waals surface area contributed by atoms with E-state index < -0.39 is 0 Å². The van der Waals surface area contributed by atoms with E-state index in [1.54, 1.807) is 0 Å². The summed E-state index contributed by atoms with van der Waals surface area (Å²) in [5, 5.41) is 0. The van der Waals surface area contributed by atoms with Crippen molar-refractivity contribution in [2.45, 2.75) is 33.3 Å². The SMILES string of the molecule is CCOC(Cc1cc(C)cc(C)c1)c1ccccc1. The van der Waals surface area contributed by atoms with Crippen LogP contribution in [0, 0.1) is 13.8 Å². The fourth-order valence-electron chi connectivity index (χ4n) is 2.54. The molecule has 0 radical (unpaired) electrons. The molecule has 0 N–H and O–H groups in total. The van der Waals surface area contributed by atoms with Crippen LogP contribution in [0.1, 0.15) is 35.3 Å². The molecular formula is C18H22O. The molecule has 1 heteroatoms. The van der Waals surface area contributed by atoms with Gasteiger partial charge in [0.25, 0.3) is 0 Å². The molecule has 0 fully saturated rings. The third kappa shape index (κ3) is 3.93. The molecule has 0 amide bonds. The van der Waals surface area contributed by atoms with Crippen LogP contribution in [0.3, 0.4) is 0 Å². The van der Waals surface area contributed by atoms with Crippen LogP contribution in [0.25, 0.3) is 0 Å². The van der Waals surface area contributed by atoms with E-state index >= 15 is 0 Å². The number of benzene rings is 2. The molecule has 1 unspecified atom stereocenters. The largest absolute Gasteiger partial charge is 0.373 e. The summed E-state index contributed by atoms with van der Waals surface area (Å²) < 4.78 is 5.91. The third-order valence-corrected chi connectivity index (χ3v) is 3.24. The summed E-state index contributed by atoms with van der Waals surface area (Å²) in [5.41, 5.74) is 5.24. The maximum atomic E-state index is 5.91. The van der Waals surface area contributed by atoms with Gasteiger partial charge in [0.15, 0.2) is 0 Å². The van der Waals surface area contributed by atoms with Gasteiger partial charge in [0, 0.05) is 13.0 Å². The quantitative estimate of drug-likeness (QED) is 0.756. The van der Waals surface area contributed by atoms with E-state index in [0.717, 1.165) is 13.0 Å². The Morgan fingerprint density at radius 2 is 1.58 bits per heavy atom. The molecule has 2 aromatic rings. The number of hydrogen-bond acceptors (Lipinski definition) is 1. The maximum Gasteiger partial charge on any atom is 0.0865 e. The molecule has 0 aliphatic carbocycles. The van der Waals surface area contributed by atoms with Crippen LogP contribution in [0.4, 0.5) is 0 Å². The first kappa shape index (κ1) is 13.8. The molecule has 1 nitrogen and oxygen atoms in total. The van der Waals surface area contributed by atoms with Gasteiger partial charge in [-0.15, -0.1) is 0 Å². The standard InChI is InChI=1S/C18H22O/c1-4-19-18(17-8-6-5-7-9-17)13-16-11-14(2)10-15(3)12-16/h5-12,18H,4,13H2,1-3H3. The lowest BCUT2D eigenvalue weighted by Crippen LogP contribution is -2.08. The van der Waals surface area contributed by atoms with Crippen molar-refractivity contribution in [3.8, 4) is 0 Å². The molecule has 2 aromatic carbocycles. The van der Waals surface area contributed by atoms with Crippen LogP contribution in [-0.4, -0.2) is 6.61 Å². The Morgan fingerprint density at radius 3 is 2.16 bits per heavy atom. The minimum absolute atomic E-state index is 0.146. The van der Waals surface area contributed by atoms with Gasteiger partial charge in [0.05, 0.1) is 6.10 Å². The van der Waals surface area contributed by atoms with Gasteiger partial charge in [-0.25, -0.2) is 0 Å². The lowest BCUT2D eigenvalue weighted by molar-refractivity contribution is 0.0628. The predicted molar refractivity (Wildman–Crippen MR) is 80.4 cm³/mol. The third-order valence-electron chi connectivity index (χ3n) is 3.24. The monoisotopic (exact) mass is 254 g/mol. The van der Waals surface area contributed by atoms with E-state index in [9.17, 15) is 0 Å². The number of aryl methyl sites for hydroxylation is 2. The molecule has 0 saturated heterocycles. The highest BCUT2D eigenvalue weighted by Gasteiger charge is 2.12. The molecule has 100 valence electrons. The van der Waals surface area contributed by atoms with Crippen molar-refractivity contribution in [1.82, 2.24) is 0 Å². The highest BCUT2D eigenvalue weighted by atomic mass is 16.5. The second-order valence-corrected chi connectivity index (χ2v) is 5.05. The fraction of sp³-hybridized carbons (Fsp3) is 0.333. The van der Waals surface area contributed by atoms with E-state index in [2.05, 4.69) is 63.2 Å². The van der Waals surface area contributed by atoms with Crippen LogP contribution >= 0.6 is 0 Å². The molecule has 0 spiro atoms. The zero-order chi connectivity index (χ0) is 13.7. The smallest absolute Gasteiger partial charge is 0.0865 e. The van der Waals surface area contributed by atoms with E-state index in [0.29, 0.717) is 0 Å². The van der Waals surface area contributed by atoms with Crippen molar-refractivity contribution >= 4 is 0 Å². The van der Waals surface area contributed by atoms with E-state index in [-0.39, 0.29) is 6.10 Å². The van der Waals surface area contributed by atoms with Crippen molar-refractivity contribution in [2.24, 2.45) is 0 Å². The van der Waals surface area contributed by atoms with E-state index in [1.807, 2.05) is 6.07 Å². The van der Waals surface area contributed by atoms with Gasteiger partial charge in [-0.05, 0) is 31.9 Å². The Balaban J connectivity index is 2.21. The second kappa shape index (κ2) is 6.53. The minimum Gasteiger partial charge on any atom is -0.373 e. The van der Waals surface area contributed by atoms with Gasteiger partial charge in [-0.3, -0.25) is 0 Å².